The summed E-state index contributed by atoms with van der Waals surface area (Å²) in [5, 5.41) is 4.21. The Labute approximate surface area is 166 Å². The topological polar surface area (TPSA) is 38.7 Å². The Morgan fingerprint density at radius 3 is 1.96 bits per heavy atom. The lowest BCUT2D eigenvalue weighted by atomic mass is 9.99. The molecule has 0 aliphatic rings. The summed E-state index contributed by atoms with van der Waals surface area (Å²) in [5.41, 5.74) is 4.77. The fourth-order valence-electron chi connectivity index (χ4n) is 2.98. The van der Waals surface area contributed by atoms with E-state index in [4.69, 9.17) is 4.84 Å². The van der Waals surface area contributed by atoms with Gasteiger partial charge in [0.15, 0.2) is 0 Å². The smallest absolute Gasteiger partial charge is 0.318 e. The number of carbonyl (C=O) groups excluding carboxylic acids is 1. The number of carbonyl (C=O) groups is 1. The van der Waals surface area contributed by atoms with Gasteiger partial charge in [0.1, 0.15) is 5.71 Å². The number of oxime groups is 1. The molecule has 0 aliphatic carbocycles. The van der Waals surface area contributed by atoms with Crippen LogP contribution in [0.15, 0.2) is 90.1 Å². The summed E-state index contributed by atoms with van der Waals surface area (Å²) in [6.45, 7) is 2.11. The lowest BCUT2D eigenvalue weighted by Gasteiger charge is -2.08. The van der Waals surface area contributed by atoms with E-state index >= 15 is 0 Å². The van der Waals surface area contributed by atoms with Crippen molar-refractivity contribution in [3.05, 3.63) is 96.1 Å². The van der Waals surface area contributed by atoms with E-state index in [1.807, 2.05) is 60.7 Å². The Morgan fingerprint density at radius 2 is 1.32 bits per heavy atom. The summed E-state index contributed by atoms with van der Waals surface area (Å²) in [6.07, 6.45) is 3.31. The van der Waals surface area contributed by atoms with Crippen LogP contribution < -0.4 is 0 Å². The van der Waals surface area contributed by atoms with Gasteiger partial charge in [0.25, 0.3) is 0 Å². The van der Waals surface area contributed by atoms with Gasteiger partial charge in [-0.1, -0.05) is 110 Å². The molecule has 0 aliphatic heterocycles. The Balaban J connectivity index is 1.83. The van der Waals surface area contributed by atoms with E-state index in [2.05, 4.69) is 36.3 Å². The van der Waals surface area contributed by atoms with Crippen molar-refractivity contribution < 1.29 is 9.63 Å². The zero-order valence-electron chi connectivity index (χ0n) is 16.2. The molecule has 0 atom stereocenters. The molecule has 3 rings (SSSR count). The third-order valence-electron chi connectivity index (χ3n) is 4.54. The number of hydrogen-bond acceptors (Lipinski definition) is 3. The minimum Gasteiger partial charge on any atom is -0.318 e. The van der Waals surface area contributed by atoms with Gasteiger partial charge in [-0.25, -0.2) is 4.79 Å². The van der Waals surface area contributed by atoms with Gasteiger partial charge in [-0.05, 0) is 17.5 Å². The van der Waals surface area contributed by atoms with Crippen LogP contribution in [0.2, 0.25) is 0 Å². The van der Waals surface area contributed by atoms with Crippen molar-refractivity contribution in [1.29, 1.82) is 0 Å². The third kappa shape index (κ3) is 5.40. The van der Waals surface area contributed by atoms with Gasteiger partial charge < -0.3 is 4.84 Å². The van der Waals surface area contributed by atoms with Crippen molar-refractivity contribution in [2.45, 2.75) is 32.6 Å². The molecular weight excluding hydrogens is 346 g/mol. The maximum atomic E-state index is 12.0. The highest BCUT2D eigenvalue weighted by Gasteiger charge is 2.10. The normalized spacial score (nSPS) is 11.2. The second kappa shape index (κ2) is 10.2. The molecule has 0 radical (unpaired) electrons. The predicted molar refractivity (Wildman–Crippen MR) is 114 cm³/mol. The van der Waals surface area contributed by atoms with Crippen molar-refractivity contribution in [3.63, 3.8) is 0 Å². The molecule has 0 saturated heterocycles. The quantitative estimate of drug-likeness (QED) is 0.204. The molecule has 0 bridgehead atoms. The van der Waals surface area contributed by atoms with Gasteiger partial charge in [0.2, 0.25) is 0 Å². The van der Waals surface area contributed by atoms with Crippen LogP contribution in [0, 0.1) is 0 Å². The number of nitrogens with zero attached hydrogens (tertiary/aromatic N) is 1. The summed E-state index contributed by atoms with van der Waals surface area (Å²) < 4.78 is 0. The van der Waals surface area contributed by atoms with Crippen molar-refractivity contribution in [3.8, 4) is 11.1 Å². The Hall–Kier alpha value is -3.20. The van der Waals surface area contributed by atoms with Gasteiger partial charge in [0, 0.05) is 17.5 Å². The van der Waals surface area contributed by atoms with E-state index in [9.17, 15) is 4.79 Å². The summed E-state index contributed by atoms with van der Waals surface area (Å²) in [4.78, 5) is 17.2. The van der Waals surface area contributed by atoms with Crippen LogP contribution in [0.5, 0.6) is 0 Å². The molecule has 3 heteroatoms. The van der Waals surface area contributed by atoms with Crippen molar-refractivity contribution >= 4 is 11.7 Å². The van der Waals surface area contributed by atoms with Gasteiger partial charge >= 0.3 is 5.97 Å². The highest BCUT2D eigenvalue weighted by Crippen LogP contribution is 2.21. The monoisotopic (exact) mass is 371 g/mol. The summed E-state index contributed by atoms with van der Waals surface area (Å²) in [7, 11) is 0. The zero-order chi connectivity index (χ0) is 19.6. The first-order valence-corrected chi connectivity index (χ1v) is 9.77. The lowest BCUT2D eigenvalue weighted by molar-refractivity contribution is -0.143. The van der Waals surface area contributed by atoms with Crippen LogP contribution >= 0.6 is 0 Å². The Kier molecular flexibility index (Phi) is 7.14. The van der Waals surface area contributed by atoms with E-state index < -0.39 is 0 Å². The maximum Gasteiger partial charge on any atom is 0.335 e. The highest BCUT2D eigenvalue weighted by atomic mass is 16.7. The predicted octanol–water partition coefficient (Wildman–Crippen LogP) is 6.23. The molecule has 0 amide bonds. The third-order valence-corrected chi connectivity index (χ3v) is 4.54. The number of rotatable bonds is 8. The Morgan fingerprint density at radius 1 is 0.750 bits per heavy atom. The van der Waals surface area contributed by atoms with Crippen LogP contribution in [0.4, 0.5) is 0 Å². The summed E-state index contributed by atoms with van der Waals surface area (Å²) in [6, 6.07) is 28.2. The van der Waals surface area contributed by atoms with Crippen molar-refractivity contribution in [2.24, 2.45) is 5.16 Å². The molecule has 3 nitrogen and oxygen atoms in total. The second-order valence-electron chi connectivity index (χ2n) is 6.67. The largest absolute Gasteiger partial charge is 0.335 e. The van der Waals surface area contributed by atoms with E-state index in [1.165, 1.54) is 0 Å². The molecule has 0 spiro atoms. The fourth-order valence-corrected chi connectivity index (χ4v) is 2.98. The first-order valence-electron chi connectivity index (χ1n) is 9.77. The van der Waals surface area contributed by atoms with E-state index in [0.29, 0.717) is 12.1 Å². The number of hydrogen-bond donors (Lipinski definition) is 0. The summed E-state index contributed by atoms with van der Waals surface area (Å²) >= 11 is 0. The molecule has 0 N–H and O–H groups in total. The first-order chi connectivity index (χ1) is 13.8. The first kappa shape index (κ1) is 19.6. The molecule has 142 valence electrons. The van der Waals surface area contributed by atoms with Crippen LogP contribution in [0.1, 0.15) is 43.7 Å². The maximum absolute atomic E-state index is 12.0. The van der Waals surface area contributed by atoms with Gasteiger partial charge in [0.05, 0.1) is 0 Å². The van der Waals surface area contributed by atoms with Gasteiger partial charge in [-0.3, -0.25) is 0 Å². The molecule has 0 fully saturated rings. The van der Waals surface area contributed by atoms with Crippen LogP contribution in [0.25, 0.3) is 11.1 Å². The van der Waals surface area contributed by atoms with Gasteiger partial charge in [-0.15, -0.1) is 0 Å². The summed E-state index contributed by atoms with van der Waals surface area (Å²) in [5.74, 6) is -0.289. The minimum absolute atomic E-state index is 0.289. The lowest BCUT2D eigenvalue weighted by Crippen LogP contribution is -2.07. The standard InChI is InChI=1S/C25H25NO2/c1-2-3-6-15-24(27)28-26-25(22-13-9-5-10-14-22)23-18-16-21(17-19-23)20-11-7-4-8-12-20/h4-5,7-14,16-19H,2-3,6,15H2,1H3. The molecule has 0 unspecified atom stereocenters. The Bertz CT molecular complexity index is 900. The number of benzene rings is 3. The molecule has 0 aromatic heterocycles. The van der Waals surface area contributed by atoms with Crippen LogP contribution in [-0.4, -0.2) is 11.7 Å². The van der Waals surface area contributed by atoms with E-state index in [1.54, 1.807) is 0 Å². The van der Waals surface area contributed by atoms with E-state index in [-0.39, 0.29) is 5.97 Å². The van der Waals surface area contributed by atoms with Crippen molar-refractivity contribution in [1.82, 2.24) is 0 Å². The fraction of sp³-hybridized carbons (Fsp3) is 0.200. The minimum atomic E-state index is -0.289. The molecule has 3 aromatic carbocycles. The number of unbranched alkanes of at least 4 members (excludes halogenated alkanes) is 2. The average Bonchev–Trinajstić information content (AvgIpc) is 2.76. The molecular formula is C25H25NO2. The zero-order valence-corrected chi connectivity index (χ0v) is 16.2. The van der Waals surface area contributed by atoms with Crippen molar-refractivity contribution in [2.75, 3.05) is 0 Å². The second-order valence-corrected chi connectivity index (χ2v) is 6.67. The molecule has 28 heavy (non-hydrogen) atoms. The van der Waals surface area contributed by atoms with Gasteiger partial charge in [-0.2, -0.15) is 0 Å². The highest BCUT2D eigenvalue weighted by molar-refractivity contribution is 6.12. The molecule has 0 saturated carbocycles. The van der Waals surface area contributed by atoms with Crippen LogP contribution in [0.3, 0.4) is 0 Å². The molecule has 0 heterocycles. The van der Waals surface area contributed by atoms with Crippen LogP contribution in [-0.2, 0) is 9.63 Å². The average molecular weight is 371 g/mol. The SMILES string of the molecule is CCCCCC(=O)ON=C(c1ccccc1)c1ccc(-c2ccccc2)cc1. The van der Waals surface area contributed by atoms with E-state index in [0.717, 1.165) is 41.5 Å². The molecule has 3 aromatic rings.